The molecular weight excluding hydrogens is 827 g/mol. The summed E-state index contributed by atoms with van der Waals surface area (Å²) in [7, 11) is 0. The first-order valence-corrected chi connectivity index (χ1v) is 21.0. The molecule has 9 rings (SSSR count). The third-order valence-corrected chi connectivity index (χ3v) is 11.7. The first-order chi connectivity index (χ1) is 47.1. The van der Waals surface area contributed by atoms with E-state index in [4.69, 9.17) is 54.3 Å². The Morgan fingerprint density at radius 3 is 1.71 bits per heavy atom. The topological polar surface area (TPSA) is 50.9 Å². The van der Waals surface area contributed by atoms with Crippen molar-refractivity contribution in [2.24, 2.45) is 0 Å². The number of aromatic hydroxyl groups is 1. The van der Waals surface area contributed by atoms with Crippen LogP contribution in [0.1, 0.15) is 154 Å². The van der Waals surface area contributed by atoms with E-state index in [1.165, 1.54) is 66.9 Å². The molecule has 4 nitrogen and oxygen atoms in total. The zero-order chi connectivity index (χ0) is 78.3. The Morgan fingerprint density at radius 1 is 0.426 bits per heavy atom. The van der Waals surface area contributed by atoms with Crippen LogP contribution in [0.15, 0.2) is 170 Å². The summed E-state index contributed by atoms with van der Waals surface area (Å²) in [6.45, 7) is -48.2. The Labute approximate surface area is 455 Å². The molecule has 0 saturated heterocycles. The number of benzene rings is 7. The second kappa shape index (κ2) is 17.2. The number of phenolic OH excluding ortho intramolecular Hbond substituents is 1. The van der Waals surface area contributed by atoms with Gasteiger partial charge in [-0.05, 0) is 126 Å². The van der Waals surface area contributed by atoms with Crippen LogP contribution in [0.2, 0.25) is 0 Å². The Bertz CT molecular complexity index is 4520. The van der Waals surface area contributed by atoms with Crippen LogP contribution in [0.3, 0.4) is 0 Å². The molecule has 2 aromatic heterocycles. The molecule has 1 N–H and O–H groups in total. The van der Waals surface area contributed by atoms with E-state index in [2.05, 4.69) is 4.98 Å². The lowest BCUT2D eigenvalue weighted by molar-refractivity contribution is 0.446. The minimum absolute atomic E-state index is 0.0424. The predicted octanol–water partition coefficient (Wildman–Crippen LogP) is 17.3. The van der Waals surface area contributed by atoms with Gasteiger partial charge in [0.25, 0.3) is 0 Å². The number of hydrogen-bond acceptors (Lipinski definition) is 3. The van der Waals surface area contributed by atoms with Gasteiger partial charge in [0.05, 0.1) is 28.0 Å². The number of fused-ring (bicyclic) bond motifs is 1. The standard InChI is InChI=1S/C64H65N3O/c1-61(2,3)48-28-26-42(27-29-48)44-32-33-65-55(37-44)47-35-45(41-20-15-13-16-21-41)34-46(36-47)51-24-19-25-57-58(51)66-60(53-39-50(63(7,8)9)40-54(59(53)68)64(10,11)12)67(57)56-31-30-49(62(4,5)6)38-52(56)43-22-17-14-18-23-43/h13-40,68H,1-12H3/i1D3,2D3,3D3,4D3,5D3,6D3,7D3,8D3,9D3,10D3,11D3,12D3. The lowest BCUT2D eigenvalue weighted by Crippen LogP contribution is -2.17. The van der Waals surface area contributed by atoms with Crippen LogP contribution in [0.5, 0.6) is 5.75 Å². The van der Waals surface area contributed by atoms with Gasteiger partial charge in [-0.2, -0.15) is 0 Å². The van der Waals surface area contributed by atoms with Gasteiger partial charge < -0.3 is 5.11 Å². The van der Waals surface area contributed by atoms with Gasteiger partial charge in [0, 0.05) is 77.8 Å². The summed E-state index contributed by atoms with van der Waals surface area (Å²) >= 11 is 0. The van der Waals surface area contributed by atoms with Crippen LogP contribution in [-0.4, -0.2) is 19.6 Å². The number of nitrogens with zero attached hydrogens (tertiary/aromatic N) is 3. The summed E-state index contributed by atoms with van der Waals surface area (Å²) in [6.07, 6.45) is 1.40. The van der Waals surface area contributed by atoms with E-state index in [9.17, 15) is 5.11 Å². The average molecular weight is 928 g/mol. The monoisotopic (exact) mass is 928 g/mol. The van der Waals surface area contributed by atoms with E-state index >= 15 is 0 Å². The third-order valence-electron chi connectivity index (χ3n) is 11.7. The summed E-state index contributed by atoms with van der Waals surface area (Å²) in [5, 5.41) is 13.2. The highest BCUT2D eigenvalue weighted by atomic mass is 16.3. The number of imidazole rings is 1. The lowest BCUT2D eigenvalue weighted by Gasteiger charge is -2.28. The maximum Gasteiger partial charge on any atom is 0.149 e. The molecule has 0 fully saturated rings. The Morgan fingerprint density at radius 2 is 1.01 bits per heavy atom. The van der Waals surface area contributed by atoms with Crippen LogP contribution in [0, 0.1) is 0 Å². The molecule has 0 saturated carbocycles. The van der Waals surface area contributed by atoms with Gasteiger partial charge in [-0.15, -0.1) is 0 Å². The Kier molecular flexibility index (Phi) is 5.04. The smallest absolute Gasteiger partial charge is 0.149 e. The highest BCUT2D eigenvalue weighted by Crippen LogP contribution is 2.46. The highest BCUT2D eigenvalue weighted by molar-refractivity contribution is 5.98. The molecule has 4 heteroatoms. The van der Waals surface area contributed by atoms with Crippen LogP contribution in [-0.2, 0) is 21.7 Å². The zero-order valence-electron chi connectivity index (χ0n) is 72.0. The van der Waals surface area contributed by atoms with E-state index in [0.717, 1.165) is 34.9 Å². The number of para-hydroxylation sites is 1. The maximum atomic E-state index is 13.2. The normalized spacial score (nSPS) is 22.5. The largest absolute Gasteiger partial charge is 0.507 e. The fourth-order valence-corrected chi connectivity index (χ4v) is 8.29. The van der Waals surface area contributed by atoms with Crippen molar-refractivity contribution in [1.29, 1.82) is 0 Å². The van der Waals surface area contributed by atoms with Gasteiger partial charge >= 0.3 is 0 Å². The van der Waals surface area contributed by atoms with Gasteiger partial charge in [0.2, 0.25) is 0 Å². The summed E-state index contributed by atoms with van der Waals surface area (Å²) < 4.78 is 313. The summed E-state index contributed by atoms with van der Waals surface area (Å²) in [4.78, 5) is 9.71. The van der Waals surface area contributed by atoms with E-state index < -0.39 is 143 Å². The minimum Gasteiger partial charge on any atom is -0.507 e. The van der Waals surface area contributed by atoms with Crippen molar-refractivity contribution < 1.29 is 54.5 Å². The third kappa shape index (κ3) is 9.05. The summed E-state index contributed by atoms with van der Waals surface area (Å²) in [5.41, 5.74) is -19.7. The molecule has 0 atom stereocenters. The number of aromatic nitrogens is 3. The van der Waals surface area contributed by atoms with E-state index in [1.54, 1.807) is 60.7 Å². The first-order valence-electron chi connectivity index (χ1n) is 39.0. The van der Waals surface area contributed by atoms with Crippen LogP contribution in [0.25, 0.3) is 83.9 Å². The fraction of sp³-hybridized carbons (Fsp3) is 0.250. The molecule has 9 aromatic rings. The number of rotatable bonds is 7. The molecule has 0 unspecified atom stereocenters. The average Bonchev–Trinajstić information content (AvgIpc) is 0.856. The molecular formula is C64H65N3O. The second-order valence-electron chi connectivity index (χ2n) is 16.6. The lowest BCUT2D eigenvalue weighted by atomic mass is 9.79. The molecule has 0 aliphatic carbocycles. The Hall–Kier alpha value is -7.04. The molecule has 7 aromatic carbocycles. The molecule has 2 heterocycles. The molecule has 68 heavy (non-hydrogen) atoms. The maximum absolute atomic E-state index is 13.2. The van der Waals surface area contributed by atoms with Gasteiger partial charge in [-0.25, -0.2) is 4.98 Å². The quantitative estimate of drug-likeness (QED) is 0.173. The van der Waals surface area contributed by atoms with Gasteiger partial charge in [0.1, 0.15) is 11.6 Å². The van der Waals surface area contributed by atoms with E-state index in [0.29, 0.717) is 33.9 Å². The molecule has 0 bridgehead atoms. The second-order valence-corrected chi connectivity index (χ2v) is 16.6. The van der Waals surface area contributed by atoms with Crippen molar-refractivity contribution in [3.05, 3.63) is 192 Å². The van der Waals surface area contributed by atoms with Crippen LogP contribution in [0.4, 0.5) is 0 Å². The van der Waals surface area contributed by atoms with Crippen molar-refractivity contribution in [1.82, 2.24) is 14.5 Å². The van der Waals surface area contributed by atoms with Crippen LogP contribution < -0.4 is 0 Å². The van der Waals surface area contributed by atoms with Crippen molar-refractivity contribution in [2.75, 3.05) is 0 Å². The zero-order valence-corrected chi connectivity index (χ0v) is 36.0. The number of pyridine rings is 1. The molecule has 0 radical (unpaired) electrons. The predicted molar refractivity (Wildman–Crippen MR) is 288 cm³/mol. The summed E-state index contributed by atoms with van der Waals surface area (Å²) in [6, 6.07) is 36.7. The first kappa shape index (κ1) is 19.9. The van der Waals surface area contributed by atoms with Crippen LogP contribution >= 0.6 is 0 Å². The van der Waals surface area contributed by atoms with Crippen molar-refractivity contribution >= 4 is 11.0 Å². The minimum atomic E-state index is -4.40. The van der Waals surface area contributed by atoms with E-state index in [-0.39, 0.29) is 50.7 Å². The molecule has 0 aliphatic rings. The van der Waals surface area contributed by atoms with Gasteiger partial charge in [-0.3, -0.25) is 9.55 Å². The molecule has 0 spiro atoms. The van der Waals surface area contributed by atoms with Gasteiger partial charge in [0.15, 0.2) is 0 Å². The van der Waals surface area contributed by atoms with Crippen molar-refractivity contribution in [2.45, 2.75) is 104 Å². The highest BCUT2D eigenvalue weighted by Gasteiger charge is 2.30. The molecule has 0 amide bonds. The number of hydrogen-bond donors (Lipinski definition) is 1. The number of phenols is 1. The molecule has 342 valence electrons. The Balaban J connectivity index is 1.49. The van der Waals surface area contributed by atoms with E-state index in [1.807, 2.05) is 0 Å². The van der Waals surface area contributed by atoms with Gasteiger partial charge in [-0.1, -0.05) is 191 Å². The van der Waals surface area contributed by atoms with Crippen molar-refractivity contribution in [3.63, 3.8) is 0 Å². The van der Waals surface area contributed by atoms with Crippen molar-refractivity contribution in [3.8, 4) is 78.6 Å². The fourth-order valence-electron chi connectivity index (χ4n) is 8.29. The summed E-state index contributed by atoms with van der Waals surface area (Å²) in [5.74, 6) is -2.50. The molecule has 0 aliphatic heterocycles. The SMILES string of the molecule is [2H]C([2H])([2H])C(c1ccc(-c2ccnc(-c3cc(-c4ccccc4)cc(-c4cccc5c4nc(-c4cc(C(C([2H])([2H])[2H])(C([2H])([2H])[2H])C([2H])([2H])[2H])cc(C(C([2H])([2H])[2H])(C([2H])([2H])[2H])C([2H])([2H])[2H])c4O)n5-c4ccc(C(C([2H])([2H])[2H])(C([2H])([2H])[2H])C([2H])([2H])[2H])cc4-c4ccccc4)c3)c2)cc1)(C([2H])([2H])[2H])C([2H])([2H])[2H].